The molecule has 1 aromatic rings. The van der Waals surface area contributed by atoms with Crippen molar-refractivity contribution >= 4 is 0 Å². The van der Waals surface area contributed by atoms with Gasteiger partial charge in [-0.05, 0) is 0 Å². The van der Waals surface area contributed by atoms with E-state index in [-0.39, 0.29) is 5.56 Å². The van der Waals surface area contributed by atoms with Gasteiger partial charge in [-0.1, -0.05) is 0 Å². The Labute approximate surface area is 93.9 Å². The fourth-order valence-electron chi connectivity index (χ4n) is 1.71. The standard InChI is InChI=1S/C9H10F2N2O4/c10-5-6(15)4(2-14)17-7(5)3-1-12-9(16)13-8(3)11/h1,4-7,14-15H,2H2,(H,12,13,16)/t4-,5+,6?,7+/m1/s1. The van der Waals surface area contributed by atoms with E-state index >= 15 is 0 Å². The minimum Gasteiger partial charge on any atom is -0.394 e. The van der Waals surface area contributed by atoms with Crippen LogP contribution in [0.5, 0.6) is 0 Å². The fourth-order valence-corrected chi connectivity index (χ4v) is 1.71. The van der Waals surface area contributed by atoms with Gasteiger partial charge in [-0.15, -0.1) is 0 Å². The molecule has 0 radical (unpaired) electrons. The van der Waals surface area contributed by atoms with Crippen molar-refractivity contribution in [3.8, 4) is 0 Å². The molecule has 6 nitrogen and oxygen atoms in total. The molecule has 0 saturated carbocycles. The zero-order chi connectivity index (χ0) is 12.6. The number of hydrogen-bond donors (Lipinski definition) is 3. The van der Waals surface area contributed by atoms with E-state index in [1.807, 2.05) is 0 Å². The van der Waals surface area contributed by atoms with Crippen LogP contribution < -0.4 is 5.69 Å². The Morgan fingerprint density at radius 1 is 1.59 bits per heavy atom. The van der Waals surface area contributed by atoms with Crippen molar-refractivity contribution in [3.63, 3.8) is 0 Å². The lowest BCUT2D eigenvalue weighted by Crippen LogP contribution is -2.30. The second-order valence-corrected chi connectivity index (χ2v) is 3.67. The Kier molecular flexibility index (Phi) is 3.18. The third-order valence-corrected chi connectivity index (χ3v) is 2.60. The molecule has 1 saturated heterocycles. The van der Waals surface area contributed by atoms with Crippen molar-refractivity contribution in [1.29, 1.82) is 0 Å². The summed E-state index contributed by atoms with van der Waals surface area (Å²) < 4.78 is 31.9. The first-order chi connectivity index (χ1) is 8.04. The summed E-state index contributed by atoms with van der Waals surface area (Å²) in [5, 5.41) is 18.2. The molecule has 1 aliphatic rings. The Morgan fingerprint density at radius 3 is 2.82 bits per heavy atom. The topological polar surface area (TPSA) is 95.4 Å². The smallest absolute Gasteiger partial charge is 0.347 e. The van der Waals surface area contributed by atoms with Gasteiger partial charge in [0.2, 0.25) is 5.95 Å². The van der Waals surface area contributed by atoms with Crippen molar-refractivity contribution in [2.75, 3.05) is 6.61 Å². The van der Waals surface area contributed by atoms with Crippen molar-refractivity contribution in [1.82, 2.24) is 9.97 Å². The maximum atomic E-state index is 13.6. The molecular formula is C9H10F2N2O4. The molecule has 0 aromatic carbocycles. The van der Waals surface area contributed by atoms with Gasteiger partial charge in [0.05, 0.1) is 12.2 Å². The number of rotatable bonds is 2. The second kappa shape index (κ2) is 4.47. The number of H-pyrrole nitrogens is 1. The normalized spacial score (nSPS) is 32.9. The third kappa shape index (κ3) is 2.06. The van der Waals surface area contributed by atoms with Crippen LogP contribution in [0.1, 0.15) is 11.7 Å². The summed E-state index contributed by atoms with van der Waals surface area (Å²) in [6.45, 7) is -0.587. The van der Waals surface area contributed by atoms with Crippen LogP contribution >= 0.6 is 0 Å². The van der Waals surface area contributed by atoms with E-state index in [2.05, 4.69) is 4.98 Å². The predicted molar refractivity (Wildman–Crippen MR) is 50.4 cm³/mol. The summed E-state index contributed by atoms with van der Waals surface area (Å²) in [5.74, 6) is -1.07. The van der Waals surface area contributed by atoms with Crippen molar-refractivity contribution in [3.05, 3.63) is 28.2 Å². The molecule has 0 amide bonds. The number of alkyl halides is 1. The molecule has 0 aliphatic carbocycles. The minimum absolute atomic E-state index is 0.299. The monoisotopic (exact) mass is 248 g/mol. The summed E-state index contributed by atoms with van der Waals surface area (Å²) in [7, 11) is 0. The second-order valence-electron chi connectivity index (χ2n) is 3.67. The Bertz CT molecular complexity index is 467. The number of ether oxygens (including phenoxy) is 1. The molecule has 0 spiro atoms. The number of halogens is 2. The number of aromatic nitrogens is 2. The molecule has 1 fully saturated rings. The third-order valence-electron chi connectivity index (χ3n) is 2.60. The quantitative estimate of drug-likeness (QED) is 0.586. The molecule has 17 heavy (non-hydrogen) atoms. The molecular weight excluding hydrogens is 238 g/mol. The van der Waals surface area contributed by atoms with Crippen molar-refractivity contribution in [2.45, 2.75) is 24.5 Å². The Hall–Kier alpha value is -1.38. The highest BCUT2D eigenvalue weighted by Crippen LogP contribution is 2.35. The van der Waals surface area contributed by atoms with Gasteiger partial charge in [0.25, 0.3) is 0 Å². The van der Waals surface area contributed by atoms with Crippen molar-refractivity contribution in [2.24, 2.45) is 0 Å². The zero-order valence-electron chi connectivity index (χ0n) is 8.51. The van der Waals surface area contributed by atoms with E-state index in [9.17, 15) is 18.7 Å². The first-order valence-corrected chi connectivity index (χ1v) is 4.87. The predicted octanol–water partition coefficient (Wildman–Crippen LogP) is -0.960. The van der Waals surface area contributed by atoms with Gasteiger partial charge in [-0.25, -0.2) is 14.2 Å². The number of hydrogen-bond acceptors (Lipinski definition) is 5. The minimum atomic E-state index is -1.89. The van der Waals surface area contributed by atoms with E-state index in [0.717, 1.165) is 6.20 Å². The van der Waals surface area contributed by atoms with E-state index < -0.39 is 42.7 Å². The molecule has 2 heterocycles. The first kappa shape index (κ1) is 12.1. The molecule has 1 aliphatic heterocycles. The van der Waals surface area contributed by atoms with E-state index in [4.69, 9.17) is 9.84 Å². The van der Waals surface area contributed by atoms with Crippen LogP contribution in [0.3, 0.4) is 0 Å². The lowest BCUT2D eigenvalue weighted by Gasteiger charge is -2.12. The number of nitrogens with one attached hydrogen (secondary N) is 1. The van der Waals surface area contributed by atoms with Crippen LogP contribution in [0.15, 0.2) is 11.0 Å². The lowest BCUT2D eigenvalue weighted by molar-refractivity contribution is -0.0237. The van der Waals surface area contributed by atoms with Gasteiger partial charge in [0.1, 0.15) is 18.3 Å². The summed E-state index contributed by atoms with van der Waals surface area (Å²) in [6, 6.07) is 0. The molecule has 94 valence electrons. The van der Waals surface area contributed by atoms with Crippen LogP contribution in [0, 0.1) is 5.95 Å². The lowest BCUT2D eigenvalue weighted by atomic mass is 10.1. The van der Waals surface area contributed by atoms with Gasteiger partial charge >= 0.3 is 5.69 Å². The van der Waals surface area contributed by atoms with Gasteiger partial charge in [0.15, 0.2) is 6.17 Å². The highest BCUT2D eigenvalue weighted by atomic mass is 19.1. The van der Waals surface area contributed by atoms with Crippen LogP contribution in [0.2, 0.25) is 0 Å². The Morgan fingerprint density at radius 2 is 2.29 bits per heavy atom. The Balaban J connectivity index is 2.32. The van der Waals surface area contributed by atoms with Crippen LogP contribution in [0.4, 0.5) is 8.78 Å². The number of nitrogens with zero attached hydrogens (tertiary/aromatic N) is 1. The zero-order valence-corrected chi connectivity index (χ0v) is 8.51. The molecule has 8 heteroatoms. The van der Waals surface area contributed by atoms with E-state index in [1.54, 1.807) is 4.98 Å². The molecule has 0 bridgehead atoms. The summed E-state index contributed by atoms with van der Waals surface area (Å²) >= 11 is 0. The maximum Gasteiger partial charge on any atom is 0.347 e. The summed E-state index contributed by atoms with van der Waals surface area (Å²) in [5.41, 5.74) is -1.20. The molecule has 1 unspecified atom stereocenters. The number of aliphatic hydroxyl groups is 2. The van der Waals surface area contributed by atoms with Gasteiger partial charge < -0.3 is 14.9 Å². The van der Waals surface area contributed by atoms with Gasteiger partial charge in [-0.3, -0.25) is 4.98 Å². The number of aromatic amines is 1. The average molecular weight is 248 g/mol. The molecule has 1 aromatic heterocycles. The summed E-state index contributed by atoms with van der Waals surface area (Å²) in [6.07, 6.45) is -5.11. The summed E-state index contributed by atoms with van der Waals surface area (Å²) in [4.78, 5) is 15.7. The van der Waals surface area contributed by atoms with Crippen LogP contribution in [0.25, 0.3) is 0 Å². The van der Waals surface area contributed by atoms with Gasteiger partial charge in [0, 0.05) is 6.20 Å². The first-order valence-electron chi connectivity index (χ1n) is 4.87. The van der Waals surface area contributed by atoms with Crippen LogP contribution in [-0.2, 0) is 4.74 Å². The van der Waals surface area contributed by atoms with E-state index in [1.165, 1.54) is 0 Å². The molecule has 4 atom stereocenters. The highest BCUT2D eigenvalue weighted by Gasteiger charge is 2.45. The SMILES string of the molecule is O=c1ncc([C@@H]2O[C@H](CO)C(O)[C@@H]2F)c(F)[nH]1. The van der Waals surface area contributed by atoms with E-state index in [0.29, 0.717) is 0 Å². The average Bonchev–Trinajstić information content (AvgIpc) is 2.57. The molecule has 3 N–H and O–H groups in total. The largest absolute Gasteiger partial charge is 0.394 e. The number of aliphatic hydroxyl groups excluding tert-OH is 2. The van der Waals surface area contributed by atoms with Crippen molar-refractivity contribution < 1.29 is 23.7 Å². The van der Waals surface area contributed by atoms with Crippen LogP contribution in [-0.4, -0.2) is 45.2 Å². The fraction of sp³-hybridized carbons (Fsp3) is 0.556. The van der Waals surface area contributed by atoms with Gasteiger partial charge in [-0.2, -0.15) is 4.39 Å². The highest BCUT2D eigenvalue weighted by molar-refractivity contribution is 5.14. The maximum absolute atomic E-state index is 13.6. The molecule has 2 rings (SSSR count).